The van der Waals surface area contributed by atoms with E-state index < -0.39 is 5.97 Å². The van der Waals surface area contributed by atoms with Crippen molar-refractivity contribution in [1.82, 2.24) is 4.90 Å². The van der Waals surface area contributed by atoms with Gasteiger partial charge in [0.05, 0.1) is 18.2 Å². The molecule has 29 heavy (non-hydrogen) atoms. The van der Waals surface area contributed by atoms with Gasteiger partial charge in [-0.05, 0) is 55.9 Å². The van der Waals surface area contributed by atoms with E-state index in [1.165, 1.54) is 13.2 Å². The third-order valence-corrected chi connectivity index (χ3v) is 4.86. The van der Waals surface area contributed by atoms with Crippen LogP contribution in [-0.4, -0.2) is 49.7 Å². The molecule has 2 atom stereocenters. The number of amides is 1. The fraction of sp³-hybridized carbons (Fsp3) is 0.545. The van der Waals surface area contributed by atoms with Crippen LogP contribution in [0.15, 0.2) is 18.2 Å². The summed E-state index contributed by atoms with van der Waals surface area (Å²) in [6.45, 7) is 9.20. The van der Waals surface area contributed by atoms with E-state index in [9.17, 15) is 9.59 Å². The Bertz CT molecular complexity index is 752. The molecule has 1 saturated heterocycles. The van der Waals surface area contributed by atoms with Gasteiger partial charge in [-0.2, -0.15) is 0 Å². The highest BCUT2D eigenvalue weighted by Crippen LogP contribution is 2.37. The molecular formula is C22H30ClNO5. The van der Waals surface area contributed by atoms with Crippen LogP contribution in [0.4, 0.5) is 0 Å². The number of carbonyl (C=O) groups is 2. The Morgan fingerprint density at radius 1 is 1.24 bits per heavy atom. The molecule has 1 heterocycles. The second-order valence-corrected chi connectivity index (χ2v) is 8.29. The summed E-state index contributed by atoms with van der Waals surface area (Å²) in [4.78, 5) is 26.1. The monoisotopic (exact) mass is 423 g/mol. The average molecular weight is 424 g/mol. The number of hydrogen-bond donors (Lipinski definition) is 0. The highest BCUT2D eigenvalue weighted by atomic mass is 35.5. The number of esters is 1. The third kappa shape index (κ3) is 6.96. The number of nitrogens with zero attached hydrogens (tertiary/aromatic N) is 1. The summed E-state index contributed by atoms with van der Waals surface area (Å²) in [5, 5.41) is 0.384. The van der Waals surface area contributed by atoms with Gasteiger partial charge in [0.1, 0.15) is 0 Å². The lowest BCUT2D eigenvalue weighted by atomic mass is 9.92. The molecule has 160 valence electrons. The van der Waals surface area contributed by atoms with E-state index in [2.05, 4.69) is 13.8 Å². The Kier molecular flexibility index (Phi) is 8.38. The first-order chi connectivity index (χ1) is 13.7. The van der Waals surface area contributed by atoms with Gasteiger partial charge in [0, 0.05) is 19.2 Å². The van der Waals surface area contributed by atoms with E-state index in [0.717, 1.165) is 6.42 Å². The van der Waals surface area contributed by atoms with Crippen molar-refractivity contribution in [3.63, 3.8) is 0 Å². The number of piperidine rings is 1. The van der Waals surface area contributed by atoms with E-state index >= 15 is 0 Å². The van der Waals surface area contributed by atoms with Crippen LogP contribution in [0.5, 0.6) is 11.5 Å². The van der Waals surface area contributed by atoms with Crippen molar-refractivity contribution in [2.24, 2.45) is 11.8 Å². The zero-order valence-corrected chi connectivity index (χ0v) is 18.5. The molecule has 1 aliphatic rings. The van der Waals surface area contributed by atoms with Gasteiger partial charge in [-0.25, -0.2) is 4.79 Å². The summed E-state index contributed by atoms with van der Waals surface area (Å²) in [5.74, 6) is 1.10. The average Bonchev–Trinajstić information content (AvgIpc) is 2.65. The van der Waals surface area contributed by atoms with Crippen LogP contribution in [0.3, 0.4) is 0 Å². The lowest BCUT2D eigenvalue weighted by molar-refractivity contribution is -0.149. The third-order valence-electron chi connectivity index (χ3n) is 4.58. The number of rotatable bonds is 7. The summed E-state index contributed by atoms with van der Waals surface area (Å²) in [5.41, 5.74) is 0.657. The molecule has 0 bridgehead atoms. The van der Waals surface area contributed by atoms with E-state index in [-0.39, 0.29) is 18.6 Å². The summed E-state index contributed by atoms with van der Waals surface area (Å²) < 4.78 is 16.1. The predicted molar refractivity (Wildman–Crippen MR) is 113 cm³/mol. The summed E-state index contributed by atoms with van der Waals surface area (Å²) in [7, 11) is 1.52. The first kappa shape index (κ1) is 23.1. The molecule has 1 aromatic carbocycles. The smallest absolute Gasteiger partial charge is 0.331 e. The Morgan fingerprint density at radius 2 is 1.90 bits per heavy atom. The number of ether oxygens (including phenoxy) is 3. The molecule has 0 aliphatic carbocycles. The van der Waals surface area contributed by atoms with Crippen molar-refractivity contribution in [2.45, 2.75) is 40.2 Å². The van der Waals surface area contributed by atoms with Crippen LogP contribution in [0.1, 0.15) is 39.7 Å². The highest BCUT2D eigenvalue weighted by Gasteiger charge is 2.25. The van der Waals surface area contributed by atoms with Crippen LogP contribution < -0.4 is 9.47 Å². The maximum atomic E-state index is 12.3. The molecule has 1 fully saturated rings. The van der Waals surface area contributed by atoms with Crippen molar-refractivity contribution in [3.8, 4) is 11.5 Å². The zero-order valence-electron chi connectivity index (χ0n) is 17.7. The molecule has 7 heteroatoms. The Labute approximate surface area is 177 Å². The molecule has 0 radical (unpaired) electrons. The standard InChI is InChI=1S/C22H30ClNO5/c1-14(2)29-22-18(23)9-17(10-19(22)27-5)6-7-21(26)28-13-20(25)24-11-15(3)8-16(4)12-24/h6-7,9-10,14-16H,8,11-13H2,1-5H3/b7-6+/t15-,16-/m1/s1. The van der Waals surface area contributed by atoms with Gasteiger partial charge in [-0.15, -0.1) is 0 Å². The lowest BCUT2D eigenvalue weighted by Gasteiger charge is -2.34. The number of carbonyl (C=O) groups excluding carboxylic acids is 2. The van der Waals surface area contributed by atoms with Crippen LogP contribution in [0.25, 0.3) is 6.08 Å². The van der Waals surface area contributed by atoms with Gasteiger partial charge < -0.3 is 19.1 Å². The van der Waals surface area contributed by atoms with Gasteiger partial charge in [0.2, 0.25) is 0 Å². The molecule has 0 unspecified atom stereocenters. The second-order valence-electron chi connectivity index (χ2n) is 7.89. The number of benzene rings is 1. The highest BCUT2D eigenvalue weighted by molar-refractivity contribution is 6.32. The fourth-order valence-electron chi connectivity index (χ4n) is 3.49. The normalized spacial score (nSPS) is 19.5. The SMILES string of the molecule is COc1cc(/C=C/C(=O)OCC(=O)N2C[C@H](C)C[C@@H](C)C2)cc(Cl)c1OC(C)C. The van der Waals surface area contributed by atoms with Crippen molar-refractivity contribution < 1.29 is 23.8 Å². The lowest BCUT2D eigenvalue weighted by Crippen LogP contribution is -2.44. The second kappa shape index (κ2) is 10.5. The quantitative estimate of drug-likeness (QED) is 0.485. The molecule has 0 aromatic heterocycles. The summed E-state index contributed by atoms with van der Waals surface area (Å²) in [6, 6.07) is 3.39. The maximum absolute atomic E-state index is 12.3. The van der Waals surface area contributed by atoms with Crippen LogP contribution in [0.2, 0.25) is 5.02 Å². The molecule has 1 aromatic rings. The van der Waals surface area contributed by atoms with Gasteiger partial charge >= 0.3 is 5.97 Å². The van der Waals surface area contributed by atoms with Gasteiger partial charge in [-0.1, -0.05) is 25.4 Å². The number of methoxy groups -OCH3 is 1. The number of halogens is 1. The molecule has 6 nitrogen and oxygen atoms in total. The van der Waals surface area contributed by atoms with Crippen molar-refractivity contribution in [1.29, 1.82) is 0 Å². The molecule has 1 amide bonds. The van der Waals surface area contributed by atoms with Gasteiger partial charge in [0.25, 0.3) is 5.91 Å². The molecule has 1 aliphatic heterocycles. The minimum Gasteiger partial charge on any atom is -0.493 e. The fourth-order valence-corrected chi connectivity index (χ4v) is 3.75. The summed E-state index contributed by atoms with van der Waals surface area (Å²) >= 11 is 6.28. The van der Waals surface area contributed by atoms with Crippen LogP contribution >= 0.6 is 11.6 Å². The van der Waals surface area contributed by atoms with E-state index in [1.807, 2.05) is 13.8 Å². The molecular weight excluding hydrogens is 394 g/mol. The molecule has 0 spiro atoms. The van der Waals surface area contributed by atoms with Crippen molar-refractivity contribution >= 4 is 29.6 Å². The first-order valence-electron chi connectivity index (χ1n) is 9.86. The Hall–Kier alpha value is -2.21. The number of hydrogen-bond acceptors (Lipinski definition) is 5. The molecule has 2 rings (SSSR count). The Morgan fingerprint density at radius 3 is 2.48 bits per heavy atom. The molecule has 0 saturated carbocycles. The zero-order chi connectivity index (χ0) is 21.6. The largest absolute Gasteiger partial charge is 0.493 e. The van der Waals surface area contributed by atoms with E-state index in [0.29, 0.717) is 47.0 Å². The van der Waals surface area contributed by atoms with Gasteiger partial charge in [-0.3, -0.25) is 4.79 Å². The van der Waals surface area contributed by atoms with Gasteiger partial charge in [0.15, 0.2) is 18.1 Å². The maximum Gasteiger partial charge on any atom is 0.331 e. The van der Waals surface area contributed by atoms with Crippen molar-refractivity contribution in [3.05, 3.63) is 28.8 Å². The van der Waals surface area contributed by atoms with E-state index in [1.54, 1.807) is 23.1 Å². The first-order valence-corrected chi connectivity index (χ1v) is 10.2. The van der Waals surface area contributed by atoms with E-state index in [4.69, 9.17) is 25.8 Å². The molecule has 0 N–H and O–H groups in total. The van der Waals surface area contributed by atoms with Crippen LogP contribution in [-0.2, 0) is 14.3 Å². The summed E-state index contributed by atoms with van der Waals surface area (Å²) in [6.07, 6.45) is 3.88. The van der Waals surface area contributed by atoms with Crippen molar-refractivity contribution in [2.75, 3.05) is 26.8 Å². The minimum absolute atomic E-state index is 0.0545. The topological polar surface area (TPSA) is 65.1 Å². The Balaban J connectivity index is 1.95. The minimum atomic E-state index is -0.589. The predicted octanol–water partition coefficient (Wildman–Crippen LogP) is 4.20. The van der Waals surface area contributed by atoms with Crippen LogP contribution in [0, 0.1) is 11.8 Å². The number of likely N-dealkylation sites (tertiary alicyclic amines) is 1.